The molecule has 6 atom stereocenters. The van der Waals surface area contributed by atoms with E-state index in [1.54, 1.807) is 26.1 Å². The van der Waals surface area contributed by atoms with Crippen LogP contribution < -0.4 is 16.0 Å². The molecular weight excluding hydrogens is 723 g/mol. The second-order valence-corrected chi connectivity index (χ2v) is 15.6. The zero-order valence-corrected chi connectivity index (χ0v) is 33.0. The van der Waals surface area contributed by atoms with Crippen molar-refractivity contribution in [2.24, 2.45) is 0 Å². The van der Waals surface area contributed by atoms with Gasteiger partial charge in [0.2, 0.25) is 35.4 Å². The molecule has 0 unspecified atom stereocenters. The van der Waals surface area contributed by atoms with E-state index in [4.69, 9.17) is 4.74 Å². The summed E-state index contributed by atoms with van der Waals surface area (Å²) in [6, 6.07) is -0.142. The Kier molecular flexibility index (Phi) is 14.3. The number of nitrogens with one attached hydrogen (secondary N) is 3. The Labute approximate surface area is 328 Å². The van der Waals surface area contributed by atoms with Crippen molar-refractivity contribution in [3.8, 4) is 0 Å². The molecule has 0 bridgehead atoms. The molecule has 3 heterocycles. The summed E-state index contributed by atoms with van der Waals surface area (Å²) in [5.41, 5.74) is -0.839. The summed E-state index contributed by atoms with van der Waals surface area (Å²) in [6.07, 6.45) is 8.67. The van der Waals surface area contributed by atoms with Crippen LogP contribution in [-0.2, 0) is 44.7 Å². The Balaban J connectivity index is 1.50. The lowest BCUT2D eigenvalue weighted by Crippen LogP contribution is -2.66. The molecule has 56 heavy (non-hydrogen) atoms. The molecule has 0 aromatic heterocycles. The van der Waals surface area contributed by atoms with E-state index < -0.39 is 89.1 Å². The number of likely N-dealkylation sites (N-methyl/N-ethyl adjacent to an activating group) is 1. The highest BCUT2D eigenvalue weighted by Gasteiger charge is 2.51. The minimum Gasteiger partial charge on any atom is -0.458 e. The van der Waals surface area contributed by atoms with Gasteiger partial charge in [-0.1, -0.05) is 57.2 Å². The van der Waals surface area contributed by atoms with Gasteiger partial charge in [0.25, 0.3) is 0 Å². The maximum Gasteiger partial charge on any atom is 0.329 e. The Hall–Kier alpha value is -4.82. The Morgan fingerprint density at radius 2 is 1.64 bits per heavy atom. The monoisotopic (exact) mass is 780 g/mol. The summed E-state index contributed by atoms with van der Waals surface area (Å²) in [4.78, 5) is 102. The van der Waals surface area contributed by atoms with Crippen molar-refractivity contribution in [3.05, 3.63) is 47.8 Å². The van der Waals surface area contributed by atoms with Gasteiger partial charge < -0.3 is 35.4 Å². The van der Waals surface area contributed by atoms with Crippen LogP contribution in [0.4, 0.5) is 4.39 Å². The lowest BCUT2D eigenvalue weighted by molar-refractivity contribution is -0.164. The number of unbranched alkanes of at least 4 members (excludes halogenated alkanes) is 2. The van der Waals surface area contributed by atoms with E-state index in [2.05, 4.69) is 16.0 Å². The number of benzene rings is 1. The third-order valence-electron chi connectivity index (χ3n) is 11.7. The first-order valence-corrected chi connectivity index (χ1v) is 20.2. The van der Waals surface area contributed by atoms with E-state index in [0.29, 0.717) is 63.4 Å². The number of allylic oxidation sites excluding steroid dienone is 1. The molecule has 15 heteroatoms. The van der Waals surface area contributed by atoms with Crippen LogP contribution in [0, 0.1) is 5.82 Å². The van der Waals surface area contributed by atoms with E-state index in [0.717, 1.165) is 19.3 Å². The standard InChI is InChI=1S/C41H57FN6O8/c1-5-6-7-9-19-33(49)44-30(25-28-15-12-16-29(42)24-28)35(50)45-34-27(3)56-39(54)32-18-14-23-48(32)36(51)26(2)43-40(55)41(20-10-8-11-21-41)46(4)37(52)31-17-13-22-47(31)38(34)53/h9,12,15-16,19,24,26-27,30-32,34H,5-8,10-11,13-14,17-18,20-23,25H2,1-4H3,(H,43,55)(H,44,49)(H,45,50)/b19-9+/t26-,27-,30-,31+,32+,34-/m0/s1. The third-order valence-corrected chi connectivity index (χ3v) is 11.7. The van der Waals surface area contributed by atoms with Gasteiger partial charge in [-0.2, -0.15) is 0 Å². The molecule has 5 rings (SSSR count). The van der Waals surface area contributed by atoms with Crippen LogP contribution in [0.3, 0.4) is 0 Å². The van der Waals surface area contributed by atoms with Crippen molar-refractivity contribution >= 4 is 41.4 Å². The molecule has 306 valence electrons. The fourth-order valence-electron chi connectivity index (χ4n) is 8.47. The highest BCUT2D eigenvalue weighted by Crippen LogP contribution is 2.36. The number of hydrogen-bond acceptors (Lipinski definition) is 8. The Morgan fingerprint density at radius 3 is 2.32 bits per heavy atom. The van der Waals surface area contributed by atoms with Crippen LogP contribution in [0.2, 0.25) is 0 Å². The predicted octanol–water partition coefficient (Wildman–Crippen LogP) is 2.68. The molecule has 0 radical (unpaired) electrons. The van der Waals surface area contributed by atoms with Gasteiger partial charge in [0, 0.05) is 26.6 Å². The molecule has 1 aromatic carbocycles. The molecule has 1 spiro atoms. The van der Waals surface area contributed by atoms with E-state index in [-0.39, 0.29) is 19.5 Å². The average molecular weight is 781 g/mol. The number of amides is 6. The van der Waals surface area contributed by atoms with Crippen LogP contribution in [0.25, 0.3) is 0 Å². The molecule has 4 aliphatic rings. The number of rotatable bonds is 9. The van der Waals surface area contributed by atoms with Crippen molar-refractivity contribution in [1.82, 2.24) is 30.7 Å². The number of carbonyl (C=O) groups excluding carboxylic acids is 7. The zero-order valence-electron chi connectivity index (χ0n) is 33.0. The fraction of sp³-hybridized carbons (Fsp3) is 0.634. The number of carbonyl (C=O) groups is 7. The lowest BCUT2D eigenvalue weighted by Gasteiger charge is -2.45. The van der Waals surface area contributed by atoms with Crippen molar-refractivity contribution < 1.29 is 42.7 Å². The van der Waals surface area contributed by atoms with Gasteiger partial charge in [-0.05, 0) is 82.6 Å². The van der Waals surface area contributed by atoms with E-state index >= 15 is 0 Å². The van der Waals surface area contributed by atoms with Gasteiger partial charge in [-0.15, -0.1) is 0 Å². The van der Waals surface area contributed by atoms with Gasteiger partial charge in [0.1, 0.15) is 47.7 Å². The smallest absolute Gasteiger partial charge is 0.329 e. The number of cyclic esters (lactones) is 1. The zero-order chi connectivity index (χ0) is 40.6. The lowest BCUT2D eigenvalue weighted by atomic mass is 9.79. The maximum atomic E-state index is 14.7. The molecule has 1 aliphatic carbocycles. The summed E-state index contributed by atoms with van der Waals surface area (Å²) in [6.45, 7) is 5.46. The SMILES string of the molecule is CCCC/C=C/C(=O)N[C@@H](Cc1cccc(F)c1)C(=O)N[C@@H]1C(=O)N2CCC[C@@H]2C(=O)N(C)C2(CCCCC2)C(=O)N[C@@H](C)C(=O)N2CCC[C@@H]2C(=O)O[C@H]1C. The quantitative estimate of drug-likeness (QED) is 0.195. The number of esters is 1. The second-order valence-electron chi connectivity index (χ2n) is 15.6. The van der Waals surface area contributed by atoms with Gasteiger partial charge >= 0.3 is 5.97 Å². The molecule has 1 saturated carbocycles. The Morgan fingerprint density at radius 1 is 0.964 bits per heavy atom. The van der Waals surface area contributed by atoms with E-state index in [9.17, 15) is 38.0 Å². The van der Waals surface area contributed by atoms with Gasteiger partial charge in [0.15, 0.2) is 0 Å². The highest BCUT2D eigenvalue weighted by molar-refractivity contribution is 5.99. The number of fused-ring (bicyclic) bond motifs is 2. The van der Waals surface area contributed by atoms with Crippen molar-refractivity contribution in [1.29, 1.82) is 0 Å². The number of hydrogen-bond donors (Lipinski definition) is 3. The van der Waals surface area contributed by atoms with Crippen LogP contribution >= 0.6 is 0 Å². The van der Waals surface area contributed by atoms with Crippen LogP contribution in [-0.4, -0.2) is 118 Å². The summed E-state index contributed by atoms with van der Waals surface area (Å²) in [5.74, 6) is -4.71. The average Bonchev–Trinajstić information content (AvgIpc) is 3.88. The summed E-state index contributed by atoms with van der Waals surface area (Å²) >= 11 is 0. The molecular formula is C41H57FN6O8. The van der Waals surface area contributed by atoms with Gasteiger partial charge in [-0.3, -0.25) is 28.8 Å². The first-order valence-electron chi connectivity index (χ1n) is 20.2. The number of halogens is 1. The number of nitrogens with zero attached hydrogens (tertiary/aromatic N) is 3. The van der Waals surface area contributed by atoms with Crippen LogP contribution in [0.5, 0.6) is 0 Å². The fourth-order valence-corrected chi connectivity index (χ4v) is 8.47. The molecule has 3 saturated heterocycles. The Bertz CT molecular complexity index is 1680. The first-order chi connectivity index (χ1) is 26.8. The molecule has 3 N–H and O–H groups in total. The van der Waals surface area contributed by atoms with Crippen LogP contribution in [0.1, 0.15) is 103 Å². The maximum absolute atomic E-state index is 14.7. The molecule has 3 aliphatic heterocycles. The topological polar surface area (TPSA) is 175 Å². The summed E-state index contributed by atoms with van der Waals surface area (Å²) in [7, 11) is 1.57. The normalized spacial score (nSPS) is 26.8. The van der Waals surface area contributed by atoms with E-state index in [1.807, 2.05) is 6.92 Å². The van der Waals surface area contributed by atoms with Crippen molar-refractivity contribution in [2.45, 2.75) is 146 Å². The van der Waals surface area contributed by atoms with Crippen molar-refractivity contribution in [2.75, 3.05) is 20.1 Å². The minimum absolute atomic E-state index is 0.121. The largest absolute Gasteiger partial charge is 0.458 e. The van der Waals surface area contributed by atoms with E-state index in [1.165, 1.54) is 45.9 Å². The third kappa shape index (κ3) is 9.58. The molecule has 1 aromatic rings. The van der Waals surface area contributed by atoms with Crippen molar-refractivity contribution in [3.63, 3.8) is 0 Å². The number of ether oxygens (including phenoxy) is 1. The minimum atomic E-state index is -1.51. The predicted molar refractivity (Wildman–Crippen MR) is 204 cm³/mol. The second kappa shape index (κ2) is 18.9. The van der Waals surface area contributed by atoms with Gasteiger partial charge in [0.05, 0.1) is 0 Å². The molecule has 14 nitrogen and oxygen atoms in total. The van der Waals surface area contributed by atoms with Crippen LogP contribution in [0.15, 0.2) is 36.4 Å². The van der Waals surface area contributed by atoms with Gasteiger partial charge in [-0.25, -0.2) is 9.18 Å². The first kappa shape index (κ1) is 42.3. The summed E-state index contributed by atoms with van der Waals surface area (Å²) in [5, 5.41) is 8.27. The highest BCUT2D eigenvalue weighted by atomic mass is 19.1. The molecule has 6 amide bonds. The summed E-state index contributed by atoms with van der Waals surface area (Å²) < 4.78 is 20.1. The molecule has 4 fully saturated rings.